The van der Waals surface area contributed by atoms with Gasteiger partial charge in [-0.2, -0.15) is 0 Å². The summed E-state index contributed by atoms with van der Waals surface area (Å²) in [5.74, 6) is 0.613. The Balaban J connectivity index is 2.03. The van der Waals surface area contributed by atoms with Crippen molar-refractivity contribution in [3.05, 3.63) is 29.8 Å². The van der Waals surface area contributed by atoms with Gasteiger partial charge in [0.15, 0.2) is 9.84 Å². The van der Waals surface area contributed by atoms with Gasteiger partial charge in [0, 0.05) is 25.3 Å². The van der Waals surface area contributed by atoms with Crippen molar-refractivity contribution in [1.82, 2.24) is 10.2 Å². The molecule has 0 amide bonds. The molecule has 0 spiro atoms. The van der Waals surface area contributed by atoms with Crippen LogP contribution < -0.4 is 5.32 Å². The fourth-order valence-electron chi connectivity index (χ4n) is 2.94. The summed E-state index contributed by atoms with van der Waals surface area (Å²) in [4.78, 5) is 2.50. The van der Waals surface area contributed by atoms with E-state index in [0.717, 1.165) is 38.0 Å². The molecule has 22 heavy (non-hydrogen) atoms. The maximum Gasteiger partial charge on any atom is 0.175 e. The molecule has 6 heteroatoms. The van der Waals surface area contributed by atoms with Crippen LogP contribution in [0.4, 0.5) is 0 Å². The van der Waals surface area contributed by atoms with Crippen LogP contribution in [-0.4, -0.2) is 51.1 Å². The number of benzene rings is 1. The Bertz CT molecular complexity index is 605. The van der Waals surface area contributed by atoms with Gasteiger partial charge in [-0.05, 0) is 50.6 Å². The standard InChI is InChI=1S/C16H25N3O2S/c1-3-19(14-8-10-18-11-9-14)16(17)12-13-4-6-15(7-5-13)22(2,20)21/h4-7,14,17-18H,3,8-12H2,1-2H3. The number of piperidine rings is 1. The monoisotopic (exact) mass is 323 g/mol. The zero-order valence-corrected chi connectivity index (χ0v) is 14.1. The summed E-state index contributed by atoms with van der Waals surface area (Å²) in [5, 5.41) is 11.7. The maximum absolute atomic E-state index is 11.5. The van der Waals surface area contributed by atoms with E-state index < -0.39 is 9.84 Å². The van der Waals surface area contributed by atoms with Gasteiger partial charge in [-0.15, -0.1) is 0 Å². The molecule has 2 rings (SSSR count). The first-order valence-electron chi connectivity index (χ1n) is 7.75. The number of sulfone groups is 1. The first-order chi connectivity index (χ1) is 10.4. The number of nitrogens with one attached hydrogen (secondary N) is 2. The highest BCUT2D eigenvalue weighted by Gasteiger charge is 2.21. The smallest absolute Gasteiger partial charge is 0.175 e. The lowest BCUT2D eigenvalue weighted by atomic mass is 10.0. The van der Waals surface area contributed by atoms with Crippen LogP contribution in [0.1, 0.15) is 25.3 Å². The predicted molar refractivity (Wildman–Crippen MR) is 89.3 cm³/mol. The Morgan fingerprint density at radius 1 is 1.27 bits per heavy atom. The fourth-order valence-corrected chi connectivity index (χ4v) is 3.57. The highest BCUT2D eigenvalue weighted by Crippen LogP contribution is 2.15. The van der Waals surface area contributed by atoms with Crippen LogP contribution in [0.5, 0.6) is 0 Å². The molecule has 1 aliphatic rings. The molecule has 0 bridgehead atoms. The Morgan fingerprint density at radius 2 is 1.86 bits per heavy atom. The highest BCUT2D eigenvalue weighted by molar-refractivity contribution is 7.90. The maximum atomic E-state index is 11.5. The van der Waals surface area contributed by atoms with Gasteiger partial charge in [-0.1, -0.05) is 12.1 Å². The molecule has 1 fully saturated rings. The molecule has 0 aromatic heterocycles. The summed E-state index contributed by atoms with van der Waals surface area (Å²) in [6, 6.07) is 7.30. The van der Waals surface area contributed by atoms with Crippen LogP contribution in [0.2, 0.25) is 0 Å². The molecule has 0 aliphatic carbocycles. The summed E-state index contributed by atoms with van der Waals surface area (Å²) >= 11 is 0. The van der Waals surface area contributed by atoms with Crippen LogP contribution in [-0.2, 0) is 16.3 Å². The zero-order valence-electron chi connectivity index (χ0n) is 13.3. The Kier molecular flexibility index (Phi) is 5.58. The summed E-state index contributed by atoms with van der Waals surface area (Å²) < 4.78 is 22.9. The molecular formula is C16H25N3O2S. The van der Waals surface area contributed by atoms with Crippen molar-refractivity contribution in [2.24, 2.45) is 0 Å². The second-order valence-corrected chi connectivity index (χ2v) is 7.82. The van der Waals surface area contributed by atoms with E-state index >= 15 is 0 Å². The summed E-state index contributed by atoms with van der Waals surface area (Å²) in [6.07, 6.45) is 3.90. The average Bonchev–Trinajstić information content (AvgIpc) is 2.48. The van der Waals surface area contributed by atoms with Gasteiger partial charge < -0.3 is 10.2 Å². The molecule has 1 heterocycles. The lowest BCUT2D eigenvalue weighted by Crippen LogP contribution is -2.46. The van der Waals surface area contributed by atoms with Gasteiger partial charge in [0.25, 0.3) is 0 Å². The third-order valence-corrected chi connectivity index (χ3v) is 5.29. The van der Waals surface area contributed by atoms with Crippen molar-refractivity contribution in [3.63, 3.8) is 0 Å². The minimum atomic E-state index is -3.16. The van der Waals surface area contributed by atoms with Crippen LogP contribution >= 0.6 is 0 Å². The zero-order chi connectivity index (χ0) is 16.2. The third-order valence-electron chi connectivity index (χ3n) is 4.16. The van der Waals surface area contributed by atoms with E-state index in [2.05, 4.69) is 17.1 Å². The Labute approximate surface area is 133 Å². The molecule has 2 N–H and O–H groups in total. The van der Waals surface area contributed by atoms with Gasteiger partial charge in [-0.25, -0.2) is 8.42 Å². The van der Waals surface area contributed by atoms with Crippen LogP contribution in [0.15, 0.2) is 29.2 Å². The van der Waals surface area contributed by atoms with Crippen molar-refractivity contribution in [2.75, 3.05) is 25.9 Å². The van der Waals surface area contributed by atoms with Crippen molar-refractivity contribution < 1.29 is 8.42 Å². The van der Waals surface area contributed by atoms with Crippen molar-refractivity contribution >= 4 is 15.7 Å². The second kappa shape index (κ2) is 7.24. The van der Waals surface area contributed by atoms with E-state index in [0.29, 0.717) is 23.2 Å². The van der Waals surface area contributed by atoms with E-state index in [9.17, 15) is 8.42 Å². The number of likely N-dealkylation sites (N-methyl/N-ethyl adjacent to an activating group) is 1. The number of amidine groups is 1. The Hall–Kier alpha value is -1.40. The van der Waals surface area contributed by atoms with Crippen molar-refractivity contribution in [2.45, 2.75) is 37.1 Å². The quantitative estimate of drug-likeness (QED) is 0.639. The lowest BCUT2D eigenvalue weighted by Gasteiger charge is -2.35. The second-order valence-electron chi connectivity index (χ2n) is 5.81. The summed E-state index contributed by atoms with van der Waals surface area (Å²) in [5.41, 5.74) is 0.977. The van der Waals surface area contributed by atoms with Gasteiger partial charge in [0.2, 0.25) is 0 Å². The molecular weight excluding hydrogens is 298 g/mol. The molecule has 0 atom stereocenters. The minimum absolute atomic E-state index is 0.327. The molecule has 1 aliphatic heterocycles. The van der Waals surface area contributed by atoms with Crippen molar-refractivity contribution in [3.8, 4) is 0 Å². The van der Waals surface area contributed by atoms with Gasteiger partial charge in [0.1, 0.15) is 5.84 Å². The number of rotatable bonds is 5. The largest absolute Gasteiger partial charge is 0.357 e. The van der Waals surface area contributed by atoms with E-state index in [1.165, 1.54) is 6.26 Å². The fraction of sp³-hybridized carbons (Fsp3) is 0.562. The first-order valence-corrected chi connectivity index (χ1v) is 9.64. The Morgan fingerprint density at radius 3 is 2.36 bits per heavy atom. The van der Waals surface area contributed by atoms with E-state index in [1.807, 2.05) is 0 Å². The molecule has 0 saturated carbocycles. The molecule has 0 unspecified atom stereocenters. The molecule has 122 valence electrons. The molecule has 1 saturated heterocycles. The van der Waals surface area contributed by atoms with Gasteiger partial charge >= 0.3 is 0 Å². The van der Waals surface area contributed by atoms with E-state index in [4.69, 9.17) is 5.41 Å². The lowest BCUT2D eigenvalue weighted by molar-refractivity contribution is 0.257. The number of hydrogen-bond donors (Lipinski definition) is 2. The van der Waals surface area contributed by atoms with E-state index in [-0.39, 0.29) is 0 Å². The molecule has 5 nitrogen and oxygen atoms in total. The summed E-state index contributed by atoms with van der Waals surface area (Å²) in [6.45, 7) is 4.95. The van der Waals surface area contributed by atoms with Gasteiger partial charge in [-0.3, -0.25) is 5.41 Å². The summed E-state index contributed by atoms with van der Waals surface area (Å²) in [7, 11) is -3.16. The average molecular weight is 323 g/mol. The normalized spacial score (nSPS) is 16.5. The SMILES string of the molecule is CCN(C(=N)Cc1ccc(S(C)(=O)=O)cc1)C1CCNCC1. The van der Waals surface area contributed by atoms with Crippen LogP contribution in [0.3, 0.4) is 0 Å². The molecule has 1 aromatic rings. The molecule has 1 aromatic carbocycles. The third kappa shape index (κ3) is 4.30. The number of nitrogens with zero attached hydrogens (tertiary/aromatic N) is 1. The minimum Gasteiger partial charge on any atom is -0.357 e. The van der Waals surface area contributed by atoms with Crippen LogP contribution in [0.25, 0.3) is 0 Å². The van der Waals surface area contributed by atoms with Crippen LogP contribution in [0, 0.1) is 5.41 Å². The molecule has 0 radical (unpaired) electrons. The van der Waals surface area contributed by atoms with E-state index in [1.54, 1.807) is 24.3 Å². The first kappa shape index (κ1) is 17.0. The van der Waals surface area contributed by atoms with Crippen molar-refractivity contribution in [1.29, 1.82) is 5.41 Å². The topological polar surface area (TPSA) is 73.3 Å². The number of hydrogen-bond acceptors (Lipinski definition) is 4. The predicted octanol–water partition coefficient (Wildman–Crippen LogP) is 1.68. The highest BCUT2D eigenvalue weighted by atomic mass is 32.2. The van der Waals surface area contributed by atoms with Gasteiger partial charge in [0.05, 0.1) is 4.90 Å².